The predicted molar refractivity (Wildman–Crippen MR) is 76.8 cm³/mol. The molecular weight excluding hydrogens is 298 g/mol. The van der Waals surface area contributed by atoms with Crippen LogP contribution in [0.4, 0.5) is 11.4 Å². The standard InChI is InChI=1S/C12H17N3O5S/c1-13-10-3-4-12(11(9-10)15(16)17)21(18,19)14-5-2-7-20-8-6-14/h3-4,9,13H,2,5-8H2,1H3. The molecule has 1 aliphatic rings. The van der Waals surface area contributed by atoms with Gasteiger partial charge < -0.3 is 10.1 Å². The van der Waals surface area contributed by atoms with E-state index in [9.17, 15) is 18.5 Å². The lowest BCUT2D eigenvalue weighted by molar-refractivity contribution is -0.387. The number of sulfonamides is 1. The van der Waals surface area contributed by atoms with Gasteiger partial charge in [0.05, 0.1) is 11.5 Å². The highest BCUT2D eigenvalue weighted by atomic mass is 32.2. The minimum absolute atomic E-state index is 0.202. The Hall–Kier alpha value is -1.71. The number of ether oxygens (including phenoxy) is 1. The van der Waals surface area contributed by atoms with Crippen molar-refractivity contribution in [1.29, 1.82) is 0 Å². The molecule has 1 N–H and O–H groups in total. The van der Waals surface area contributed by atoms with Crippen LogP contribution in [0.3, 0.4) is 0 Å². The second-order valence-corrected chi connectivity index (χ2v) is 6.47. The lowest BCUT2D eigenvalue weighted by Gasteiger charge is -2.19. The highest BCUT2D eigenvalue weighted by molar-refractivity contribution is 7.89. The molecule has 0 saturated carbocycles. The van der Waals surface area contributed by atoms with Crippen molar-refractivity contribution in [2.75, 3.05) is 38.7 Å². The zero-order valence-electron chi connectivity index (χ0n) is 11.6. The Bertz CT molecular complexity index is 624. The Labute approximate surface area is 122 Å². The van der Waals surface area contributed by atoms with Gasteiger partial charge in [0.25, 0.3) is 5.69 Å². The van der Waals surface area contributed by atoms with Gasteiger partial charge in [0, 0.05) is 38.5 Å². The number of nitro groups is 1. The molecule has 0 radical (unpaired) electrons. The molecule has 1 fully saturated rings. The molecule has 0 amide bonds. The second kappa shape index (κ2) is 6.37. The van der Waals surface area contributed by atoms with Gasteiger partial charge in [0.15, 0.2) is 4.90 Å². The predicted octanol–water partition coefficient (Wildman–Crippen LogP) is 1.05. The van der Waals surface area contributed by atoms with Gasteiger partial charge in [-0.1, -0.05) is 0 Å². The van der Waals surface area contributed by atoms with Crippen molar-refractivity contribution in [3.8, 4) is 0 Å². The van der Waals surface area contributed by atoms with E-state index in [1.54, 1.807) is 7.05 Å². The van der Waals surface area contributed by atoms with Crippen LogP contribution < -0.4 is 5.32 Å². The summed E-state index contributed by atoms with van der Waals surface area (Å²) in [5.74, 6) is 0. The van der Waals surface area contributed by atoms with Gasteiger partial charge in [-0.15, -0.1) is 0 Å². The highest BCUT2D eigenvalue weighted by Gasteiger charge is 2.32. The summed E-state index contributed by atoms with van der Waals surface area (Å²) in [7, 11) is -2.29. The molecule has 0 unspecified atom stereocenters. The molecule has 116 valence electrons. The molecule has 1 saturated heterocycles. The van der Waals surface area contributed by atoms with Crippen LogP contribution >= 0.6 is 0 Å². The van der Waals surface area contributed by atoms with E-state index in [1.165, 1.54) is 22.5 Å². The Morgan fingerprint density at radius 1 is 1.33 bits per heavy atom. The number of hydrogen-bond acceptors (Lipinski definition) is 6. The van der Waals surface area contributed by atoms with Crippen molar-refractivity contribution in [2.45, 2.75) is 11.3 Å². The monoisotopic (exact) mass is 315 g/mol. The van der Waals surface area contributed by atoms with Crippen LogP contribution in [0, 0.1) is 10.1 Å². The molecule has 0 bridgehead atoms. The molecule has 9 heteroatoms. The first-order chi connectivity index (χ1) is 9.96. The van der Waals surface area contributed by atoms with Crippen LogP contribution in [0.15, 0.2) is 23.1 Å². The van der Waals surface area contributed by atoms with E-state index in [-0.39, 0.29) is 11.4 Å². The molecule has 1 aromatic rings. The molecular formula is C12H17N3O5S. The number of nitrogens with one attached hydrogen (secondary N) is 1. The second-order valence-electron chi connectivity index (χ2n) is 4.56. The van der Waals surface area contributed by atoms with Gasteiger partial charge in [0.2, 0.25) is 10.0 Å². The topological polar surface area (TPSA) is 102 Å². The lowest BCUT2D eigenvalue weighted by atomic mass is 10.3. The molecule has 21 heavy (non-hydrogen) atoms. The first kappa shape index (κ1) is 15.7. The fourth-order valence-corrected chi connectivity index (χ4v) is 3.74. The molecule has 0 atom stereocenters. The number of nitro benzene ring substituents is 1. The minimum atomic E-state index is -3.90. The Balaban J connectivity index is 2.45. The number of anilines is 1. The summed E-state index contributed by atoms with van der Waals surface area (Å²) in [5.41, 5.74) is 0.0619. The Morgan fingerprint density at radius 3 is 2.76 bits per heavy atom. The lowest BCUT2D eigenvalue weighted by Crippen LogP contribution is -2.33. The van der Waals surface area contributed by atoms with E-state index in [0.717, 1.165) is 0 Å². The minimum Gasteiger partial charge on any atom is -0.388 e. The summed E-state index contributed by atoms with van der Waals surface area (Å²) < 4.78 is 31.7. The summed E-state index contributed by atoms with van der Waals surface area (Å²) in [4.78, 5) is 10.2. The van der Waals surface area contributed by atoms with Crippen molar-refractivity contribution in [2.24, 2.45) is 0 Å². The van der Waals surface area contributed by atoms with Gasteiger partial charge in [-0.25, -0.2) is 8.42 Å². The fraction of sp³-hybridized carbons (Fsp3) is 0.500. The van der Waals surface area contributed by atoms with Gasteiger partial charge in [0.1, 0.15) is 0 Å². The summed E-state index contributed by atoms with van der Waals surface area (Å²) in [6, 6.07) is 4.00. The number of hydrogen-bond donors (Lipinski definition) is 1. The van der Waals surface area contributed by atoms with E-state index >= 15 is 0 Å². The third kappa shape index (κ3) is 3.31. The Morgan fingerprint density at radius 2 is 2.10 bits per heavy atom. The maximum absolute atomic E-state index is 12.6. The van der Waals surface area contributed by atoms with Gasteiger partial charge in [-0.2, -0.15) is 4.31 Å². The quantitative estimate of drug-likeness (QED) is 0.658. The third-order valence-electron chi connectivity index (χ3n) is 3.24. The van der Waals surface area contributed by atoms with Gasteiger partial charge in [-0.05, 0) is 18.6 Å². The Kier molecular flexibility index (Phi) is 4.76. The summed E-state index contributed by atoms with van der Waals surface area (Å²) in [6.07, 6.45) is 0.571. The van der Waals surface area contributed by atoms with Gasteiger partial charge in [-0.3, -0.25) is 10.1 Å². The zero-order chi connectivity index (χ0) is 15.5. The molecule has 0 aliphatic carbocycles. The largest absolute Gasteiger partial charge is 0.388 e. The van der Waals surface area contributed by atoms with E-state index in [2.05, 4.69) is 5.32 Å². The zero-order valence-corrected chi connectivity index (χ0v) is 12.4. The fourth-order valence-electron chi connectivity index (χ4n) is 2.14. The summed E-state index contributed by atoms with van der Waals surface area (Å²) in [6.45, 7) is 1.29. The molecule has 2 rings (SSSR count). The molecule has 8 nitrogen and oxygen atoms in total. The van der Waals surface area contributed by atoms with Crippen molar-refractivity contribution < 1.29 is 18.1 Å². The average molecular weight is 315 g/mol. The SMILES string of the molecule is CNc1ccc(S(=O)(=O)N2CCCOCC2)c([N+](=O)[O-])c1. The van der Waals surface area contributed by atoms with Crippen LogP contribution in [0.25, 0.3) is 0 Å². The van der Waals surface area contributed by atoms with Crippen LogP contribution in [0.5, 0.6) is 0 Å². The first-order valence-corrected chi connectivity index (χ1v) is 7.95. The third-order valence-corrected chi connectivity index (χ3v) is 5.19. The molecule has 1 aromatic carbocycles. The van der Waals surface area contributed by atoms with Crippen molar-refractivity contribution >= 4 is 21.4 Å². The van der Waals surface area contributed by atoms with E-state index < -0.39 is 20.6 Å². The molecule has 1 aliphatic heterocycles. The number of nitrogens with zero attached hydrogens (tertiary/aromatic N) is 2. The highest BCUT2D eigenvalue weighted by Crippen LogP contribution is 2.29. The van der Waals surface area contributed by atoms with Gasteiger partial charge >= 0.3 is 0 Å². The van der Waals surface area contributed by atoms with E-state index in [4.69, 9.17) is 4.74 Å². The summed E-state index contributed by atoms with van der Waals surface area (Å²) in [5, 5.41) is 13.9. The van der Waals surface area contributed by atoms with Crippen LogP contribution in [0.2, 0.25) is 0 Å². The van der Waals surface area contributed by atoms with E-state index in [0.29, 0.717) is 31.9 Å². The molecule has 0 spiro atoms. The van der Waals surface area contributed by atoms with Crippen LogP contribution in [-0.4, -0.2) is 51.0 Å². The van der Waals surface area contributed by atoms with Crippen LogP contribution in [0.1, 0.15) is 6.42 Å². The van der Waals surface area contributed by atoms with Crippen LogP contribution in [-0.2, 0) is 14.8 Å². The van der Waals surface area contributed by atoms with E-state index in [1.807, 2.05) is 0 Å². The number of rotatable bonds is 4. The van der Waals surface area contributed by atoms with Crippen molar-refractivity contribution in [3.63, 3.8) is 0 Å². The maximum Gasteiger partial charge on any atom is 0.291 e. The smallest absolute Gasteiger partial charge is 0.291 e. The normalized spacial score (nSPS) is 17.2. The van der Waals surface area contributed by atoms with Crippen molar-refractivity contribution in [3.05, 3.63) is 28.3 Å². The first-order valence-electron chi connectivity index (χ1n) is 6.51. The average Bonchev–Trinajstić information content (AvgIpc) is 2.76. The summed E-state index contributed by atoms with van der Waals surface area (Å²) >= 11 is 0. The van der Waals surface area contributed by atoms with Crippen molar-refractivity contribution in [1.82, 2.24) is 4.31 Å². The maximum atomic E-state index is 12.6. The molecule has 0 aromatic heterocycles. The molecule has 1 heterocycles. The number of benzene rings is 1.